The first-order valence-electron chi connectivity index (χ1n) is 3.98. The summed E-state index contributed by atoms with van der Waals surface area (Å²) in [6.45, 7) is 3.81. The van der Waals surface area contributed by atoms with Crippen molar-refractivity contribution in [2.24, 2.45) is 5.92 Å². The summed E-state index contributed by atoms with van der Waals surface area (Å²) >= 11 is 0. The quantitative estimate of drug-likeness (QED) is 0.569. The Kier molecular flexibility index (Phi) is 2.68. The van der Waals surface area contributed by atoms with E-state index in [1.807, 2.05) is 0 Å². The molecule has 0 aliphatic carbocycles. The molecule has 1 heterocycles. The Morgan fingerprint density at radius 2 is 2.33 bits per heavy atom. The van der Waals surface area contributed by atoms with Crippen molar-refractivity contribution in [3.63, 3.8) is 0 Å². The lowest BCUT2D eigenvalue weighted by atomic mass is 10.2. The van der Waals surface area contributed by atoms with Crippen LogP contribution in [0.1, 0.15) is 20.3 Å². The van der Waals surface area contributed by atoms with E-state index in [1.54, 1.807) is 13.8 Å². The van der Waals surface area contributed by atoms with Gasteiger partial charge in [0.25, 0.3) is 0 Å². The van der Waals surface area contributed by atoms with Crippen molar-refractivity contribution in [2.75, 3.05) is 6.61 Å². The molecule has 4 heteroatoms. The zero-order valence-electron chi connectivity index (χ0n) is 7.20. The molecule has 0 unspecified atom stereocenters. The Morgan fingerprint density at radius 3 is 2.75 bits per heavy atom. The van der Waals surface area contributed by atoms with E-state index in [1.165, 1.54) is 0 Å². The van der Waals surface area contributed by atoms with Crippen LogP contribution in [0.4, 0.5) is 0 Å². The highest BCUT2D eigenvalue weighted by molar-refractivity contribution is 5.81. The lowest BCUT2D eigenvalue weighted by Gasteiger charge is -2.09. The fraction of sp³-hybridized carbons (Fsp3) is 0.750. The third kappa shape index (κ3) is 1.96. The number of cyclic esters (lactones) is 1. The van der Waals surface area contributed by atoms with Gasteiger partial charge in [-0.25, -0.2) is 4.79 Å². The third-order valence-electron chi connectivity index (χ3n) is 1.62. The topological polar surface area (TPSA) is 52.6 Å². The molecule has 1 aliphatic heterocycles. The molecular weight excluding hydrogens is 160 g/mol. The van der Waals surface area contributed by atoms with Crippen LogP contribution in [-0.2, 0) is 19.1 Å². The molecule has 0 saturated carbocycles. The first kappa shape index (κ1) is 9.03. The Labute approximate surface area is 70.8 Å². The number of esters is 2. The minimum absolute atomic E-state index is 0.196. The smallest absolute Gasteiger partial charge is 0.347 e. The van der Waals surface area contributed by atoms with E-state index < -0.39 is 12.1 Å². The number of carbonyl (C=O) groups excluding carboxylic acids is 2. The Balaban J connectivity index is 2.40. The van der Waals surface area contributed by atoms with Crippen LogP contribution in [0.25, 0.3) is 0 Å². The molecule has 68 valence electrons. The summed E-state index contributed by atoms with van der Waals surface area (Å²) < 4.78 is 9.50. The number of ether oxygens (including phenoxy) is 2. The minimum Gasteiger partial charge on any atom is -0.463 e. The normalized spacial score (nSPS) is 22.6. The molecule has 1 fully saturated rings. The van der Waals surface area contributed by atoms with Crippen molar-refractivity contribution < 1.29 is 19.1 Å². The van der Waals surface area contributed by atoms with Crippen molar-refractivity contribution in [3.05, 3.63) is 0 Å². The van der Waals surface area contributed by atoms with Crippen molar-refractivity contribution in [1.29, 1.82) is 0 Å². The maximum atomic E-state index is 11.0. The highest BCUT2D eigenvalue weighted by Gasteiger charge is 2.30. The fourth-order valence-corrected chi connectivity index (χ4v) is 0.861. The van der Waals surface area contributed by atoms with Crippen molar-refractivity contribution >= 4 is 11.9 Å². The maximum Gasteiger partial charge on any atom is 0.347 e. The number of carbonyl (C=O) groups is 2. The lowest BCUT2D eigenvalue weighted by Crippen LogP contribution is -2.25. The van der Waals surface area contributed by atoms with Crippen LogP contribution in [0.15, 0.2) is 0 Å². The SMILES string of the molecule is CC(C)C(=O)O[C@@H]1CCOC1=O. The molecule has 0 spiro atoms. The summed E-state index contributed by atoms with van der Waals surface area (Å²) in [4.78, 5) is 21.8. The number of hydrogen-bond acceptors (Lipinski definition) is 4. The Bertz CT molecular complexity index is 197. The van der Waals surface area contributed by atoms with Gasteiger partial charge in [-0.2, -0.15) is 0 Å². The summed E-state index contributed by atoms with van der Waals surface area (Å²) in [6, 6.07) is 0. The second-order valence-electron chi connectivity index (χ2n) is 3.04. The lowest BCUT2D eigenvalue weighted by molar-refractivity contribution is -0.162. The van der Waals surface area contributed by atoms with Gasteiger partial charge in [0.05, 0.1) is 12.5 Å². The van der Waals surface area contributed by atoms with Gasteiger partial charge in [0, 0.05) is 6.42 Å². The Morgan fingerprint density at radius 1 is 1.67 bits per heavy atom. The van der Waals surface area contributed by atoms with Crippen LogP contribution in [0.2, 0.25) is 0 Å². The van der Waals surface area contributed by atoms with Gasteiger partial charge < -0.3 is 9.47 Å². The van der Waals surface area contributed by atoms with Crippen LogP contribution in [0.3, 0.4) is 0 Å². The largest absolute Gasteiger partial charge is 0.463 e. The molecule has 1 saturated heterocycles. The van der Waals surface area contributed by atoms with Crippen LogP contribution < -0.4 is 0 Å². The summed E-state index contributed by atoms with van der Waals surface area (Å²) in [7, 11) is 0. The van der Waals surface area contributed by atoms with E-state index in [4.69, 9.17) is 4.74 Å². The van der Waals surface area contributed by atoms with E-state index in [0.29, 0.717) is 13.0 Å². The molecule has 0 aromatic carbocycles. The van der Waals surface area contributed by atoms with Crippen molar-refractivity contribution in [2.45, 2.75) is 26.4 Å². The average Bonchev–Trinajstić information content (AvgIpc) is 2.36. The van der Waals surface area contributed by atoms with Crippen LogP contribution in [0.5, 0.6) is 0 Å². The highest BCUT2D eigenvalue weighted by Crippen LogP contribution is 2.12. The molecule has 4 nitrogen and oxygen atoms in total. The van der Waals surface area contributed by atoms with Gasteiger partial charge in [-0.15, -0.1) is 0 Å². The van der Waals surface area contributed by atoms with Gasteiger partial charge in [-0.1, -0.05) is 13.8 Å². The Hall–Kier alpha value is -1.06. The molecule has 0 aromatic rings. The van der Waals surface area contributed by atoms with E-state index in [9.17, 15) is 9.59 Å². The predicted octanol–water partition coefficient (Wildman–Crippen LogP) is 0.501. The highest BCUT2D eigenvalue weighted by atomic mass is 16.6. The van der Waals surface area contributed by atoms with Crippen molar-refractivity contribution in [3.8, 4) is 0 Å². The van der Waals surface area contributed by atoms with E-state index in [2.05, 4.69) is 4.74 Å². The number of hydrogen-bond donors (Lipinski definition) is 0. The molecule has 12 heavy (non-hydrogen) atoms. The summed E-state index contributed by atoms with van der Waals surface area (Å²) in [5, 5.41) is 0. The monoisotopic (exact) mass is 172 g/mol. The molecular formula is C8H12O4. The van der Waals surface area contributed by atoms with Gasteiger partial charge in [0.15, 0.2) is 0 Å². The van der Waals surface area contributed by atoms with Gasteiger partial charge in [0.2, 0.25) is 6.10 Å². The zero-order chi connectivity index (χ0) is 9.14. The molecule has 0 N–H and O–H groups in total. The first-order chi connectivity index (χ1) is 5.61. The van der Waals surface area contributed by atoms with Crippen LogP contribution >= 0.6 is 0 Å². The third-order valence-corrected chi connectivity index (χ3v) is 1.62. The summed E-state index contributed by atoms with van der Waals surface area (Å²) in [5.74, 6) is -0.971. The van der Waals surface area contributed by atoms with E-state index in [0.717, 1.165) is 0 Å². The van der Waals surface area contributed by atoms with Crippen molar-refractivity contribution in [1.82, 2.24) is 0 Å². The van der Waals surface area contributed by atoms with Crippen LogP contribution in [-0.4, -0.2) is 24.6 Å². The molecule has 1 aliphatic rings. The second kappa shape index (κ2) is 3.56. The van der Waals surface area contributed by atoms with Gasteiger partial charge in [-0.05, 0) is 0 Å². The van der Waals surface area contributed by atoms with E-state index >= 15 is 0 Å². The fourth-order valence-electron chi connectivity index (χ4n) is 0.861. The first-order valence-corrected chi connectivity index (χ1v) is 3.98. The van der Waals surface area contributed by atoms with Gasteiger partial charge in [0.1, 0.15) is 0 Å². The van der Waals surface area contributed by atoms with Crippen LogP contribution in [0, 0.1) is 5.92 Å². The number of rotatable bonds is 2. The predicted molar refractivity (Wildman–Crippen MR) is 40.3 cm³/mol. The second-order valence-corrected chi connectivity index (χ2v) is 3.04. The minimum atomic E-state index is -0.667. The summed E-state index contributed by atoms with van der Waals surface area (Å²) in [6.07, 6.45) is -0.183. The van der Waals surface area contributed by atoms with Gasteiger partial charge in [-0.3, -0.25) is 4.79 Å². The maximum absolute atomic E-state index is 11.0. The molecule has 0 bridgehead atoms. The standard InChI is InChI=1S/C8H12O4/c1-5(2)7(9)12-6-3-4-11-8(6)10/h5-6H,3-4H2,1-2H3/t6-/m1/s1. The molecule has 0 amide bonds. The molecule has 1 atom stereocenters. The van der Waals surface area contributed by atoms with E-state index in [-0.39, 0.29) is 11.9 Å². The average molecular weight is 172 g/mol. The zero-order valence-corrected chi connectivity index (χ0v) is 7.20. The van der Waals surface area contributed by atoms with Gasteiger partial charge >= 0.3 is 11.9 Å². The molecule has 0 radical (unpaired) electrons. The molecule has 1 rings (SSSR count). The molecule has 0 aromatic heterocycles. The summed E-state index contributed by atoms with van der Waals surface area (Å²) in [5.41, 5.74) is 0.